The van der Waals surface area contributed by atoms with Gasteiger partial charge in [-0.25, -0.2) is 0 Å². The summed E-state index contributed by atoms with van der Waals surface area (Å²) in [7, 11) is 0. The Morgan fingerprint density at radius 3 is 2.17 bits per heavy atom. The van der Waals surface area contributed by atoms with E-state index in [-0.39, 0.29) is 0 Å². The predicted molar refractivity (Wildman–Crippen MR) is 120 cm³/mol. The quantitative estimate of drug-likeness (QED) is 0.417. The van der Waals surface area contributed by atoms with Crippen molar-refractivity contribution in [2.45, 2.75) is 64.3 Å². The van der Waals surface area contributed by atoms with Crippen molar-refractivity contribution in [3.63, 3.8) is 0 Å². The number of hydrogen-bond donors (Lipinski definition) is 2. The number of rotatable bonds is 7. The van der Waals surface area contributed by atoms with Crippen molar-refractivity contribution in [2.24, 2.45) is 0 Å². The predicted octanol–water partition coefficient (Wildman–Crippen LogP) is 1.98. The fourth-order valence-corrected chi connectivity index (χ4v) is 4.38. The van der Waals surface area contributed by atoms with E-state index in [9.17, 15) is 24.3 Å². The number of aromatic amines is 1. The van der Waals surface area contributed by atoms with Crippen LogP contribution < -0.4 is 0 Å². The lowest BCUT2D eigenvalue weighted by molar-refractivity contribution is -0.266. The average Bonchev–Trinajstić information content (AvgIpc) is 3.19. The molecule has 11 nitrogen and oxygen atoms in total. The van der Waals surface area contributed by atoms with Crippen LogP contribution in [0.15, 0.2) is 24.4 Å². The summed E-state index contributed by atoms with van der Waals surface area (Å²) < 4.78 is 27.2. The second kappa shape index (κ2) is 11.1. The molecule has 0 amide bonds. The largest absolute Gasteiger partial charge is 0.463 e. The van der Waals surface area contributed by atoms with Gasteiger partial charge in [-0.05, 0) is 12.1 Å². The van der Waals surface area contributed by atoms with Gasteiger partial charge in [0.05, 0.1) is 5.02 Å². The number of aliphatic hydroxyl groups is 1. The Kier molecular flexibility index (Phi) is 8.36. The van der Waals surface area contributed by atoms with Gasteiger partial charge < -0.3 is 33.8 Å². The smallest absolute Gasteiger partial charge is 0.303 e. The summed E-state index contributed by atoms with van der Waals surface area (Å²) in [5.41, 5.74) is 0.962. The minimum absolute atomic E-state index is 0.325. The number of hydrogen-bond acceptors (Lipinski definition) is 10. The summed E-state index contributed by atoms with van der Waals surface area (Å²) in [4.78, 5) is 50.2. The maximum Gasteiger partial charge on any atom is 0.303 e. The first-order valence-electron chi connectivity index (χ1n) is 10.7. The summed E-state index contributed by atoms with van der Waals surface area (Å²) in [5, 5.41) is 12.3. The number of fused-ring (bicyclic) bond motifs is 1. The van der Waals surface area contributed by atoms with Crippen LogP contribution in [0.3, 0.4) is 0 Å². The molecule has 0 spiro atoms. The molecule has 0 bridgehead atoms. The van der Waals surface area contributed by atoms with Gasteiger partial charge in [-0.3, -0.25) is 19.2 Å². The maximum atomic E-state index is 12.0. The van der Waals surface area contributed by atoms with Crippen LogP contribution >= 0.6 is 11.6 Å². The molecule has 1 unspecified atom stereocenters. The molecule has 1 aliphatic rings. The molecule has 3 rings (SSSR count). The van der Waals surface area contributed by atoms with Crippen molar-refractivity contribution in [3.05, 3.63) is 35.0 Å². The van der Waals surface area contributed by atoms with Crippen LogP contribution in [-0.2, 0) is 42.9 Å². The molecule has 0 radical (unpaired) electrons. The van der Waals surface area contributed by atoms with Crippen molar-refractivity contribution in [3.8, 4) is 0 Å². The first-order valence-corrected chi connectivity index (χ1v) is 11.1. The highest BCUT2D eigenvalue weighted by Crippen LogP contribution is 2.38. The molecule has 2 N–H and O–H groups in total. The number of carbonyl (C=O) groups excluding carboxylic acids is 4. The van der Waals surface area contributed by atoms with Crippen LogP contribution in [0.4, 0.5) is 0 Å². The zero-order valence-electron chi connectivity index (χ0n) is 19.5. The lowest BCUT2D eigenvalue weighted by Crippen LogP contribution is -2.63. The zero-order chi connectivity index (χ0) is 25.9. The number of carbonyl (C=O) groups is 4. The molecule has 2 aromatic rings. The van der Waals surface area contributed by atoms with E-state index in [1.165, 1.54) is 13.1 Å². The van der Waals surface area contributed by atoms with Gasteiger partial charge in [0.1, 0.15) is 24.9 Å². The van der Waals surface area contributed by atoms with Gasteiger partial charge in [0.15, 0.2) is 18.3 Å². The van der Waals surface area contributed by atoms with Gasteiger partial charge in [0, 0.05) is 50.4 Å². The van der Waals surface area contributed by atoms with E-state index in [0.29, 0.717) is 21.5 Å². The van der Waals surface area contributed by atoms with Gasteiger partial charge in [-0.15, -0.1) is 0 Å². The van der Waals surface area contributed by atoms with Crippen molar-refractivity contribution in [2.75, 3.05) is 6.61 Å². The average molecular weight is 512 g/mol. The van der Waals surface area contributed by atoms with E-state index in [1.807, 2.05) is 0 Å². The van der Waals surface area contributed by atoms with Crippen molar-refractivity contribution < 1.29 is 48.0 Å². The van der Waals surface area contributed by atoms with E-state index >= 15 is 0 Å². The fourth-order valence-electron chi connectivity index (χ4n) is 4.09. The third kappa shape index (κ3) is 6.11. The Bertz CT molecular complexity index is 1110. The molecule has 1 aromatic carbocycles. The molecule has 1 saturated heterocycles. The highest BCUT2D eigenvalue weighted by atomic mass is 35.5. The number of aromatic nitrogens is 1. The number of aliphatic hydroxyl groups excluding tert-OH is 1. The number of ether oxygens (including phenoxy) is 5. The van der Waals surface area contributed by atoms with Crippen LogP contribution in [0.2, 0.25) is 5.02 Å². The lowest BCUT2D eigenvalue weighted by atomic mass is 9.89. The minimum atomic E-state index is -1.45. The fraction of sp³-hybridized carbons (Fsp3) is 0.478. The normalized spacial score (nSPS) is 24.9. The molecule has 0 saturated carbocycles. The van der Waals surface area contributed by atoms with Crippen LogP contribution in [0.25, 0.3) is 10.9 Å². The third-order valence-corrected chi connectivity index (χ3v) is 5.66. The van der Waals surface area contributed by atoms with Gasteiger partial charge in [-0.2, -0.15) is 0 Å². The molecule has 1 aliphatic heterocycles. The van der Waals surface area contributed by atoms with E-state index in [1.54, 1.807) is 18.2 Å². The summed E-state index contributed by atoms with van der Waals surface area (Å²) in [6, 6.07) is 5.12. The molecular formula is C23H26ClNO10. The second-order valence-corrected chi connectivity index (χ2v) is 8.42. The van der Waals surface area contributed by atoms with Crippen molar-refractivity contribution in [1.29, 1.82) is 0 Å². The highest BCUT2D eigenvalue weighted by molar-refractivity contribution is 6.35. The SMILES string of the molecule is CC(=O)OC[C@H]1O[C@@H](C(O)c2c[nH]c3cccc(Cl)c23)[C@H](OC(C)=O)[C@@H](OC(C)=O)[C@@H]1OC(C)=O. The molecule has 0 aliphatic carbocycles. The highest BCUT2D eigenvalue weighted by Gasteiger charge is 2.54. The van der Waals surface area contributed by atoms with Crippen LogP contribution in [-0.4, -0.2) is 71.1 Å². The summed E-state index contributed by atoms with van der Waals surface area (Å²) in [6.07, 6.45) is -6.51. The number of H-pyrrole nitrogens is 1. The van der Waals surface area contributed by atoms with Crippen LogP contribution in [0.5, 0.6) is 0 Å². The minimum Gasteiger partial charge on any atom is -0.463 e. The number of halogens is 1. The zero-order valence-corrected chi connectivity index (χ0v) is 20.2. The van der Waals surface area contributed by atoms with E-state index in [0.717, 1.165) is 20.8 Å². The first kappa shape index (κ1) is 26.5. The van der Waals surface area contributed by atoms with Crippen LogP contribution in [0.1, 0.15) is 39.4 Å². The third-order valence-electron chi connectivity index (χ3n) is 5.34. The Morgan fingerprint density at radius 2 is 1.57 bits per heavy atom. The van der Waals surface area contributed by atoms with Crippen molar-refractivity contribution in [1.82, 2.24) is 4.98 Å². The Balaban J connectivity index is 2.10. The summed E-state index contributed by atoms with van der Waals surface area (Å²) in [5.74, 6) is -2.90. The number of esters is 4. The van der Waals surface area contributed by atoms with Gasteiger partial charge in [-0.1, -0.05) is 17.7 Å². The Labute approximate surface area is 205 Å². The second-order valence-electron chi connectivity index (χ2n) is 8.02. The Hall–Kier alpha value is -3.15. The standard InChI is InChI=1S/C23H26ClNO10/c1-10(26)31-9-17-20(32-11(2)27)22(33-12(3)28)23(34-13(4)29)21(35-17)19(30)14-8-25-16-7-5-6-15(24)18(14)16/h5-8,17,19-23,25,30H,9H2,1-4H3/t17-,19?,20-,21+,22+,23+/m1/s1. The molecule has 6 atom stereocenters. The van der Waals surface area contributed by atoms with Crippen LogP contribution in [0, 0.1) is 0 Å². The lowest BCUT2D eigenvalue weighted by Gasteiger charge is -2.45. The molecule has 2 heterocycles. The summed E-state index contributed by atoms with van der Waals surface area (Å²) in [6.45, 7) is 4.16. The van der Waals surface area contributed by atoms with E-state index < -0.39 is 67.1 Å². The maximum absolute atomic E-state index is 12.0. The summed E-state index contributed by atoms with van der Waals surface area (Å²) >= 11 is 6.36. The molecule has 12 heteroatoms. The molecule has 1 aromatic heterocycles. The molecule has 35 heavy (non-hydrogen) atoms. The molecule has 1 fully saturated rings. The monoisotopic (exact) mass is 511 g/mol. The number of nitrogens with one attached hydrogen (secondary N) is 1. The molecular weight excluding hydrogens is 486 g/mol. The topological polar surface area (TPSA) is 150 Å². The van der Waals surface area contributed by atoms with E-state index in [4.69, 9.17) is 35.3 Å². The van der Waals surface area contributed by atoms with Gasteiger partial charge in [0.2, 0.25) is 0 Å². The van der Waals surface area contributed by atoms with Gasteiger partial charge in [0.25, 0.3) is 0 Å². The van der Waals surface area contributed by atoms with E-state index in [2.05, 4.69) is 4.98 Å². The Morgan fingerprint density at radius 1 is 0.971 bits per heavy atom. The van der Waals surface area contributed by atoms with Crippen molar-refractivity contribution >= 4 is 46.4 Å². The van der Waals surface area contributed by atoms with Gasteiger partial charge >= 0.3 is 23.9 Å². The first-order chi connectivity index (χ1) is 16.5. The molecule has 190 valence electrons. The number of benzene rings is 1.